The summed E-state index contributed by atoms with van der Waals surface area (Å²) in [6.45, 7) is 16.4. The summed E-state index contributed by atoms with van der Waals surface area (Å²) in [5.41, 5.74) is 7.96. The second kappa shape index (κ2) is 25.2. The molecule has 2 aliphatic rings. The Kier molecular flexibility index (Phi) is 19.6. The number of β-amino-alcohol motifs (C(OH)–C–C–N with tert-alkyl or cyclic N) is 1. The largest absolute Gasteiger partial charge is 0.391 e. The third kappa shape index (κ3) is 14.0. The average molecular weight is 1050 g/mol. The number of amides is 3. The van der Waals surface area contributed by atoms with E-state index in [0.717, 1.165) is 54.9 Å². The van der Waals surface area contributed by atoms with Gasteiger partial charge in [0.2, 0.25) is 17.7 Å². The number of halogens is 2. The molecule has 7 rings (SSSR count). The fraction of sp³-hybridized carbons (Fsp3) is 0.490. The number of ether oxygens (including phenoxy) is 2. The normalized spacial score (nSPS) is 16.9. The molecule has 5 heterocycles. The molecule has 0 saturated carbocycles. The van der Waals surface area contributed by atoms with Crippen molar-refractivity contribution in [2.24, 2.45) is 10.4 Å². The number of aryl methyl sites for hydroxylation is 3. The van der Waals surface area contributed by atoms with Gasteiger partial charge in [-0.25, -0.2) is 4.98 Å². The van der Waals surface area contributed by atoms with E-state index in [2.05, 4.69) is 45.0 Å². The highest BCUT2D eigenvalue weighted by molar-refractivity contribution is 7.15. The lowest BCUT2D eigenvalue weighted by molar-refractivity contribution is -0.144. The summed E-state index contributed by atoms with van der Waals surface area (Å²) in [7, 11) is 0. The zero-order valence-electron chi connectivity index (χ0n) is 41.4. The predicted octanol–water partition coefficient (Wildman–Crippen LogP) is 7.21. The van der Waals surface area contributed by atoms with E-state index in [1.165, 1.54) is 9.78 Å². The van der Waals surface area contributed by atoms with Crippen LogP contribution in [0, 0.1) is 33.1 Å². The fourth-order valence-corrected chi connectivity index (χ4v) is 10.8. The summed E-state index contributed by atoms with van der Waals surface area (Å²) in [6.07, 6.45) is 0.458. The van der Waals surface area contributed by atoms with E-state index in [0.29, 0.717) is 63.2 Å². The Bertz CT molecular complexity index is 2660. The van der Waals surface area contributed by atoms with Gasteiger partial charge in [-0.1, -0.05) is 68.8 Å². The molecule has 2 aliphatic heterocycles. The number of fused-ring (bicyclic) bond motifs is 3. The Balaban J connectivity index is 0.00000825. The van der Waals surface area contributed by atoms with E-state index in [1.807, 2.05) is 93.2 Å². The number of hydrogen-bond donors (Lipinski definition) is 4. The predicted molar refractivity (Wildman–Crippen MR) is 280 cm³/mol. The summed E-state index contributed by atoms with van der Waals surface area (Å²) >= 11 is 9.49. The standard InChI is InChI=1S/C51H64ClN9O7S2.ClH/c1-30-32(3)70-50-43(30)44(35-14-16-37(52)17-15-35)56-40(47-59-58-33(4)61(47)50)25-38(62)9-8-21-67-23-24-68-22-20-53-19-18-42(64)57-46(51(5,6)7)49(66)60-28-39(63)26-41(60)48(65)54-27-34-10-12-36(13-11-34)45-31(2)55-29-69-45;/h10-17,29,39-41,46,53,63H,8-9,18-28H2,1-7H3,(H,54,65)(H,57,64);1H/t39-,40+,41+,46-;/m1./s1. The quantitative estimate of drug-likeness (QED) is 0.0510. The number of aliphatic imine (C=N–C) groups is 1. The molecule has 71 heavy (non-hydrogen) atoms. The number of thiophene rings is 1. The number of hydrogen-bond acceptors (Lipinski definition) is 14. The maximum Gasteiger partial charge on any atom is 0.246 e. The first-order valence-electron chi connectivity index (χ1n) is 23.8. The second-order valence-corrected chi connectivity index (χ2v) is 21.4. The number of aromatic nitrogens is 4. The number of benzene rings is 2. The molecule has 0 radical (unpaired) electrons. The minimum atomic E-state index is -0.911. The summed E-state index contributed by atoms with van der Waals surface area (Å²) in [4.78, 5) is 67.2. The first-order chi connectivity index (χ1) is 33.5. The van der Waals surface area contributed by atoms with Gasteiger partial charge < -0.3 is 35.4 Å². The Morgan fingerprint density at radius 2 is 1.62 bits per heavy atom. The number of aliphatic hydroxyl groups is 1. The van der Waals surface area contributed by atoms with E-state index >= 15 is 0 Å². The number of thiazole rings is 1. The Hall–Kier alpha value is -4.92. The summed E-state index contributed by atoms with van der Waals surface area (Å²) < 4.78 is 13.5. The van der Waals surface area contributed by atoms with Gasteiger partial charge in [0, 0.05) is 79.5 Å². The van der Waals surface area contributed by atoms with Gasteiger partial charge in [0.25, 0.3) is 0 Å². The minimum Gasteiger partial charge on any atom is -0.391 e. The monoisotopic (exact) mass is 1050 g/mol. The van der Waals surface area contributed by atoms with Crippen LogP contribution in [0.5, 0.6) is 0 Å². The van der Waals surface area contributed by atoms with Crippen LogP contribution in [0.25, 0.3) is 15.4 Å². The van der Waals surface area contributed by atoms with Gasteiger partial charge in [0.05, 0.1) is 47.7 Å². The topological polar surface area (TPSA) is 202 Å². The molecule has 2 aromatic carbocycles. The molecule has 0 bridgehead atoms. The van der Waals surface area contributed by atoms with Crippen molar-refractivity contribution in [2.45, 2.75) is 111 Å². The van der Waals surface area contributed by atoms with Crippen LogP contribution in [0.1, 0.15) is 103 Å². The number of rotatable bonds is 22. The maximum atomic E-state index is 14.0. The van der Waals surface area contributed by atoms with E-state index < -0.39 is 35.6 Å². The molecule has 3 amide bonds. The van der Waals surface area contributed by atoms with Gasteiger partial charge in [0.15, 0.2) is 5.82 Å². The molecular formula is C51H65Cl2N9O7S2. The van der Waals surface area contributed by atoms with Crippen LogP contribution in [-0.4, -0.2) is 123 Å². The zero-order valence-corrected chi connectivity index (χ0v) is 44.6. The van der Waals surface area contributed by atoms with Crippen LogP contribution in [0.15, 0.2) is 59.0 Å². The molecule has 382 valence electrons. The van der Waals surface area contributed by atoms with Crippen molar-refractivity contribution in [1.82, 2.24) is 40.6 Å². The lowest BCUT2D eigenvalue weighted by atomic mass is 9.85. The highest BCUT2D eigenvalue weighted by Crippen LogP contribution is 2.40. The maximum absolute atomic E-state index is 14.0. The molecule has 3 aromatic heterocycles. The van der Waals surface area contributed by atoms with Gasteiger partial charge in [0.1, 0.15) is 34.7 Å². The molecule has 20 heteroatoms. The lowest BCUT2D eigenvalue weighted by Crippen LogP contribution is -2.57. The number of Topliss-reactive ketones (excluding diaryl/α,β-unsaturated/α-hetero) is 1. The van der Waals surface area contributed by atoms with Crippen molar-refractivity contribution >= 4 is 75.9 Å². The van der Waals surface area contributed by atoms with Gasteiger partial charge >= 0.3 is 0 Å². The van der Waals surface area contributed by atoms with Crippen LogP contribution in [-0.2, 0) is 35.2 Å². The number of likely N-dealkylation sites (tertiary alicyclic amines) is 1. The summed E-state index contributed by atoms with van der Waals surface area (Å²) in [6, 6.07) is 13.2. The number of carbonyl (C=O) groups is 4. The van der Waals surface area contributed by atoms with Crippen molar-refractivity contribution in [3.8, 4) is 15.4 Å². The number of nitrogens with zero attached hydrogens (tertiary/aromatic N) is 6. The van der Waals surface area contributed by atoms with Crippen molar-refractivity contribution in [3.63, 3.8) is 0 Å². The Morgan fingerprint density at radius 3 is 2.31 bits per heavy atom. The van der Waals surface area contributed by atoms with E-state index in [-0.39, 0.29) is 62.4 Å². The van der Waals surface area contributed by atoms with Crippen LogP contribution in [0.3, 0.4) is 0 Å². The number of nitrogens with one attached hydrogen (secondary N) is 3. The minimum absolute atomic E-state index is 0. The molecule has 1 fully saturated rings. The molecule has 0 unspecified atom stereocenters. The number of carbonyl (C=O) groups excluding carboxylic acids is 4. The zero-order chi connectivity index (χ0) is 50.1. The average Bonchev–Trinajstić information content (AvgIpc) is 4.09. The van der Waals surface area contributed by atoms with Gasteiger partial charge in [-0.05, 0) is 68.4 Å². The van der Waals surface area contributed by atoms with Crippen LogP contribution in [0.4, 0.5) is 0 Å². The van der Waals surface area contributed by atoms with Gasteiger partial charge in [-0.3, -0.25) is 28.7 Å². The number of ketones is 1. The van der Waals surface area contributed by atoms with Crippen LogP contribution < -0.4 is 16.0 Å². The van der Waals surface area contributed by atoms with Crippen molar-refractivity contribution < 1.29 is 33.8 Å². The van der Waals surface area contributed by atoms with Crippen molar-refractivity contribution in [2.75, 3.05) is 46.1 Å². The highest BCUT2D eigenvalue weighted by Gasteiger charge is 2.44. The summed E-state index contributed by atoms with van der Waals surface area (Å²) in [5.74, 6) is 0.384. The van der Waals surface area contributed by atoms with E-state index in [9.17, 15) is 24.3 Å². The molecule has 4 N–H and O–H groups in total. The van der Waals surface area contributed by atoms with Gasteiger partial charge in [-0.2, -0.15) is 0 Å². The third-order valence-electron chi connectivity index (χ3n) is 12.6. The van der Waals surface area contributed by atoms with Crippen LogP contribution in [0.2, 0.25) is 5.02 Å². The molecule has 1 saturated heterocycles. The molecular weight excluding hydrogens is 986 g/mol. The molecule has 5 aromatic rings. The molecule has 16 nitrogen and oxygen atoms in total. The van der Waals surface area contributed by atoms with E-state index in [4.69, 9.17) is 26.1 Å². The second-order valence-electron chi connectivity index (χ2n) is 18.9. The Morgan fingerprint density at radius 1 is 0.915 bits per heavy atom. The molecule has 0 aliphatic carbocycles. The van der Waals surface area contributed by atoms with Crippen molar-refractivity contribution in [1.29, 1.82) is 0 Å². The summed E-state index contributed by atoms with van der Waals surface area (Å²) in [5, 5.41) is 30.1. The first-order valence-corrected chi connectivity index (χ1v) is 25.9. The Labute approximate surface area is 434 Å². The van der Waals surface area contributed by atoms with Crippen LogP contribution >= 0.6 is 46.7 Å². The fourth-order valence-electron chi connectivity index (χ4n) is 8.63. The lowest BCUT2D eigenvalue weighted by Gasteiger charge is -2.35. The third-order valence-corrected chi connectivity index (χ3v) is 15.0. The molecule has 4 atom stereocenters. The molecule has 0 spiro atoms. The van der Waals surface area contributed by atoms with Gasteiger partial charge in [-0.15, -0.1) is 45.3 Å². The SMILES string of the molecule is Cc1ncsc1-c1ccc(CNC(=O)[C@@H]2C[C@@H](O)CN2C(=O)[C@@H](NC(=O)CCNCCOCCOCCCC(=O)C[C@@H]2N=C(c3ccc(Cl)cc3)c3c(sc(C)c3C)-n3c(C)nnc32)C(C)(C)C)cc1.Cl. The highest BCUT2D eigenvalue weighted by atomic mass is 35.5. The smallest absolute Gasteiger partial charge is 0.246 e. The van der Waals surface area contributed by atoms with Crippen molar-refractivity contribution in [3.05, 3.63) is 104 Å². The van der Waals surface area contributed by atoms with E-state index in [1.54, 1.807) is 22.7 Å². The first kappa shape index (κ1) is 55.4. The number of aliphatic hydroxyl groups excluding tert-OH is 1.